The molecule has 0 unspecified atom stereocenters. The van der Waals surface area contributed by atoms with Crippen molar-refractivity contribution in [2.75, 3.05) is 7.11 Å². The molecule has 6 heteroatoms. The lowest BCUT2D eigenvalue weighted by atomic mass is 10.1. The smallest absolute Gasteiger partial charge is 0.389 e. The molecule has 0 saturated heterocycles. The van der Waals surface area contributed by atoms with E-state index >= 15 is 0 Å². The normalized spacial score (nSPS) is 10.1. The molecule has 92 valence electrons. The average molecular weight is 244 g/mol. The van der Waals surface area contributed by atoms with Gasteiger partial charge in [-0.15, -0.1) is 0 Å². The molecule has 0 saturated carbocycles. The Hall–Kier alpha value is -1.98. The molecular weight excluding hydrogens is 234 g/mol. The van der Waals surface area contributed by atoms with Crippen LogP contribution in [-0.4, -0.2) is 25.7 Å². The molecule has 0 N–H and O–H groups in total. The first kappa shape index (κ1) is 13.1. The van der Waals surface area contributed by atoms with Crippen molar-refractivity contribution in [1.29, 1.82) is 0 Å². The maximum absolute atomic E-state index is 11.7. The van der Waals surface area contributed by atoms with Crippen LogP contribution in [0, 0.1) is 0 Å². The molecule has 0 fully saturated rings. The summed E-state index contributed by atoms with van der Waals surface area (Å²) in [5, 5.41) is 0. The SMILES string of the molecule is COC(=O)c1ccc(CC(=O)OC(F)F)cc1. The van der Waals surface area contributed by atoms with Crippen LogP contribution >= 0.6 is 0 Å². The molecule has 1 aromatic rings. The van der Waals surface area contributed by atoms with Crippen molar-refractivity contribution in [3.63, 3.8) is 0 Å². The maximum atomic E-state index is 11.7. The van der Waals surface area contributed by atoms with Crippen molar-refractivity contribution in [1.82, 2.24) is 0 Å². The second kappa shape index (κ2) is 5.93. The third kappa shape index (κ3) is 4.18. The summed E-state index contributed by atoms with van der Waals surface area (Å²) in [6.07, 6.45) is -0.272. The highest BCUT2D eigenvalue weighted by Gasteiger charge is 2.12. The average Bonchev–Trinajstić information content (AvgIpc) is 2.28. The lowest BCUT2D eigenvalue weighted by molar-refractivity contribution is -0.175. The first-order chi connectivity index (χ1) is 8.02. The molecule has 0 heterocycles. The molecule has 0 atom stereocenters. The van der Waals surface area contributed by atoms with Crippen LogP contribution in [0.4, 0.5) is 8.78 Å². The van der Waals surface area contributed by atoms with Gasteiger partial charge >= 0.3 is 18.6 Å². The Bertz CT molecular complexity index is 400. The molecule has 0 amide bonds. The van der Waals surface area contributed by atoms with Gasteiger partial charge in [0.25, 0.3) is 0 Å². The van der Waals surface area contributed by atoms with Gasteiger partial charge in [0.05, 0.1) is 19.1 Å². The summed E-state index contributed by atoms with van der Waals surface area (Å²) in [6, 6.07) is 5.83. The van der Waals surface area contributed by atoms with Gasteiger partial charge in [-0.05, 0) is 17.7 Å². The van der Waals surface area contributed by atoms with Crippen molar-refractivity contribution < 1.29 is 27.8 Å². The molecule has 17 heavy (non-hydrogen) atoms. The lowest BCUT2D eigenvalue weighted by Gasteiger charge is -2.04. The third-order valence-electron chi connectivity index (χ3n) is 1.94. The van der Waals surface area contributed by atoms with Crippen molar-refractivity contribution in [3.05, 3.63) is 35.4 Å². The minimum Gasteiger partial charge on any atom is -0.465 e. The first-order valence-electron chi connectivity index (χ1n) is 4.68. The van der Waals surface area contributed by atoms with Gasteiger partial charge in [-0.3, -0.25) is 4.79 Å². The predicted molar refractivity (Wildman–Crippen MR) is 53.6 cm³/mol. The molecule has 1 aromatic carbocycles. The molecule has 0 spiro atoms. The Morgan fingerprint density at radius 1 is 1.24 bits per heavy atom. The van der Waals surface area contributed by atoms with E-state index in [2.05, 4.69) is 9.47 Å². The van der Waals surface area contributed by atoms with Gasteiger partial charge in [-0.2, -0.15) is 8.78 Å². The molecule has 0 bridgehead atoms. The zero-order chi connectivity index (χ0) is 12.8. The fourth-order valence-corrected chi connectivity index (χ4v) is 1.18. The molecule has 0 aliphatic rings. The standard InChI is InChI=1S/C11H10F2O4/c1-16-10(15)8-4-2-7(3-5-8)6-9(14)17-11(12)13/h2-5,11H,6H2,1H3. The number of carbonyl (C=O) groups excluding carboxylic acids is 2. The Morgan fingerprint density at radius 3 is 2.29 bits per heavy atom. The minimum absolute atomic E-state index is 0.272. The van der Waals surface area contributed by atoms with Gasteiger partial charge in [0.1, 0.15) is 0 Å². The fraction of sp³-hybridized carbons (Fsp3) is 0.273. The number of esters is 2. The first-order valence-corrected chi connectivity index (χ1v) is 4.68. The summed E-state index contributed by atoms with van der Waals surface area (Å²) in [5.74, 6) is -1.53. The number of rotatable bonds is 4. The fourth-order valence-electron chi connectivity index (χ4n) is 1.18. The second-order valence-electron chi connectivity index (χ2n) is 3.12. The summed E-state index contributed by atoms with van der Waals surface area (Å²) in [7, 11) is 1.25. The summed E-state index contributed by atoms with van der Waals surface area (Å²) < 4.78 is 31.6. The lowest BCUT2D eigenvalue weighted by Crippen LogP contribution is -2.12. The molecule has 0 radical (unpaired) electrons. The summed E-state index contributed by atoms with van der Waals surface area (Å²) in [6.45, 7) is -3.11. The van der Waals surface area contributed by atoms with Gasteiger partial charge in [0.15, 0.2) is 0 Å². The Kier molecular flexibility index (Phi) is 4.56. The van der Waals surface area contributed by atoms with Gasteiger partial charge in [-0.25, -0.2) is 4.79 Å². The zero-order valence-corrected chi connectivity index (χ0v) is 8.98. The minimum atomic E-state index is -3.11. The van der Waals surface area contributed by atoms with Crippen LogP contribution in [0.3, 0.4) is 0 Å². The number of halogens is 2. The number of benzene rings is 1. The topological polar surface area (TPSA) is 52.6 Å². The predicted octanol–water partition coefficient (Wildman–Crippen LogP) is 1.78. The Morgan fingerprint density at radius 2 is 1.82 bits per heavy atom. The third-order valence-corrected chi connectivity index (χ3v) is 1.94. The number of ether oxygens (including phenoxy) is 2. The highest BCUT2D eigenvalue weighted by Crippen LogP contribution is 2.08. The molecule has 1 rings (SSSR count). The van der Waals surface area contributed by atoms with Crippen molar-refractivity contribution in [3.8, 4) is 0 Å². The van der Waals surface area contributed by atoms with Crippen molar-refractivity contribution >= 4 is 11.9 Å². The molecule has 0 aliphatic heterocycles. The number of hydrogen-bond donors (Lipinski definition) is 0. The Labute approximate surface area is 96.1 Å². The summed E-state index contributed by atoms with van der Waals surface area (Å²) in [4.78, 5) is 22.0. The van der Waals surface area contributed by atoms with E-state index in [0.717, 1.165) is 0 Å². The monoisotopic (exact) mass is 244 g/mol. The van der Waals surface area contributed by atoms with Gasteiger partial charge in [-0.1, -0.05) is 12.1 Å². The molecule has 0 aromatic heterocycles. The largest absolute Gasteiger partial charge is 0.465 e. The number of carbonyl (C=O) groups is 2. The Balaban J connectivity index is 2.62. The van der Waals surface area contributed by atoms with Crippen molar-refractivity contribution in [2.45, 2.75) is 13.0 Å². The van der Waals surface area contributed by atoms with E-state index in [1.807, 2.05) is 0 Å². The highest BCUT2D eigenvalue weighted by molar-refractivity contribution is 5.89. The molecule has 4 nitrogen and oxygen atoms in total. The molecule has 0 aliphatic carbocycles. The van der Waals surface area contributed by atoms with Crippen LogP contribution in [0.1, 0.15) is 15.9 Å². The van der Waals surface area contributed by atoms with E-state index in [9.17, 15) is 18.4 Å². The van der Waals surface area contributed by atoms with Crippen LogP contribution in [0.5, 0.6) is 0 Å². The van der Waals surface area contributed by atoms with Gasteiger partial charge < -0.3 is 9.47 Å². The summed E-state index contributed by atoms with van der Waals surface area (Å²) >= 11 is 0. The number of methoxy groups -OCH3 is 1. The summed E-state index contributed by atoms with van der Waals surface area (Å²) in [5.41, 5.74) is 0.793. The van der Waals surface area contributed by atoms with Crippen LogP contribution in [0.15, 0.2) is 24.3 Å². The van der Waals surface area contributed by atoms with E-state index in [0.29, 0.717) is 11.1 Å². The van der Waals surface area contributed by atoms with E-state index in [1.165, 1.54) is 31.4 Å². The van der Waals surface area contributed by atoms with Crippen LogP contribution in [0.2, 0.25) is 0 Å². The highest BCUT2D eigenvalue weighted by atomic mass is 19.3. The van der Waals surface area contributed by atoms with E-state index < -0.39 is 18.6 Å². The maximum Gasteiger partial charge on any atom is 0.389 e. The van der Waals surface area contributed by atoms with Crippen LogP contribution < -0.4 is 0 Å². The van der Waals surface area contributed by atoms with Gasteiger partial charge in [0, 0.05) is 0 Å². The van der Waals surface area contributed by atoms with Crippen LogP contribution in [0.25, 0.3) is 0 Å². The number of hydrogen-bond acceptors (Lipinski definition) is 4. The quantitative estimate of drug-likeness (QED) is 0.757. The molecular formula is C11H10F2O4. The van der Waals surface area contributed by atoms with E-state index in [-0.39, 0.29) is 6.42 Å². The van der Waals surface area contributed by atoms with E-state index in [1.54, 1.807) is 0 Å². The van der Waals surface area contributed by atoms with E-state index in [4.69, 9.17) is 0 Å². The second-order valence-corrected chi connectivity index (χ2v) is 3.12. The zero-order valence-electron chi connectivity index (χ0n) is 8.98. The van der Waals surface area contributed by atoms with Gasteiger partial charge in [0.2, 0.25) is 0 Å². The van der Waals surface area contributed by atoms with Crippen molar-refractivity contribution in [2.24, 2.45) is 0 Å². The van der Waals surface area contributed by atoms with Crippen LogP contribution in [-0.2, 0) is 20.7 Å². The number of alkyl halides is 2.